The van der Waals surface area contributed by atoms with Crippen molar-refractivity contribution in [2.75, 3.05) is 0 Å². The second-order valence-electron chi connectivity index (χ2n) is 4.64. The molecule has 3 aromatic rings. The molecule has 4 rings (SSSR count). The normalized spacial score (nSPS) is 13.8. The summed E-state index contributed by atoms with van der Waals surface area (Å²) in [5.41, 5.74) is 3.20. The van der Waals surface area contributed by atoms with Gasteiger partial charge in [0.25, 0.3) is 0 Å². The SMILES string of the molecule is N=C1Cc2cccc3cc4ccccc4c1c23. The van der Waals surface area contributed by atoms with Gasteiger partial charge in [-0.05, 0) is 33.2 Å². The molecule has 1 nitrogen and oxygen atoms in total. The summed E-state index contributed by atoms with van der Waals surface area (Å²) in [6.07, 6.45) is 0.778. The van der Waals surface area contributed by atoms with E-state index in [1.165, 1.54) is 27.1 Å². The second kappa shape index (κ2) is 2.95. The van der Waals surface area contributed by atoms with Gasteiger partial charge in [-0.2, -0.15) is 0 Å². The fourth-order valence-corrected chi connectivity index (χ4v) is 2.94. The van der Waals surface area contributed by atoms with Crippen LogP contribution in [0.1, 0.15) is 11.1 Å². The van der Waals surface area contributed by atoms with E-state index in [4.69, 9.17) is 5.41 Å². The second-order valence-corrected chi connectivity index (χ2v) is 4.64. The van der Waals surface area contributed by atoms with Crippen molar-refractivity contribution in [2.45, 2.75) is 6.42 Å². The van der Waals surface area contributed by atoms with Gasteiger partial charge in [0.15, 0.2) is 0 Å². The first-order valence-corrected chi connectivity index (χ1v) is 5.86. The van der Waals surface area contributed by atoms with Crippen molar-refractivity contribution in [3.05, 3.63) is 59.7 Å². The Hall–Kier alpha value is -2.15. The van der Waals surface area contributed by atoms with E-state index in [1.807, 2.05) is 0 Å². The largest absolute Gasteiger partial charge is 0.304 e. The van der Waals surface area contributed by atoms with E-state index in [2.05, 4.69) is 48.5 Å². The number of hydrogen-bond acceptors (Lipinski definition) is 1. The van der Waals surface area contributed by atoms with Crippen LogP contribution in [0.5, 0.6) is 0 Å². The molecule has 0 atom stereocenters. The van der Waals surface area contributed by atoms with Crippen LogP contribution in [0, 0.1) is 5.41 Å². The molecule has 1 aliphatic carbocycles. The maximum absolute atomic E-state index is 8.20. The van der Waals surface area contributed by atoms with Gasteiger partial charge in [-0.15, -0.1) is 0 Å². The molecule has 1 heteroatoms. The lowest BCUT2D eigenvalue weighted by Gasteiger charge is -2.06. The summed E-state index contributed by atoms with van der Waals surface area (Å²) in [4.78, 5) is 0. The van der Waals surface area contributed by atoms with Crippen LogP contribution in [-0.4, -0.2) is 5.71 Å². The van der Waals surface area contributed by atoms with E-state index >= 15 is 0 Å². The fourth-order valence-electron chi connectivity index (χ4n) is 2.94. The Balaban J connectivity index is 2.36. The molecule has 80 valence electrons. The summed E-state index contributed by atoms with van der Waals surface area (Å²) in [5.74, 6) is 0. The van der Waals surface area contributed by atoms with Crippen LogP contribution in [0.4, 0.5) is 0 Å². The molecule has 1 aliphatic rings. The lowest BCUT2D eigenvalue weighted by Crippen LogP contribution is -1.95. The van der Waals surface area contributed by atoms with E-state index in [0.29, 0.717) is 0 Å². The molecule has 0 spiro atoms. The van der Waals surface area contributed by atoms with Crippen LogP contribution < -0.4 is 0 Å². The monoisotopic (exact) mass is 217 g/mol. The highest BCUT2D eigenvalue weighted by atomic mass is 14.4. The summed E-state index contributed by atoms with van der Waals surface area (Å²) in [5, 5.41) is 13.2. The molecule has 0 amide bonds. The lowest BCUT2D eigenvalue weighted by molar-refractivity contribution is 1.35. The molecule has 0 aromatic heterocycles. The van der Waals surface area contributed by atoms with Crippen molar-refractivity contribution in [1.82, 2.24) is 0 Å². The van der Waals surface area contributed by atoms with Crippen molar-refractivity contribution in [3.63, 3.8) is 0 Å². The van der Waals surface area contributed by atoms with E-state index in [-0.39, 0.29) is 0 Å². The molecule has 0 bridgehead atoms. The summed E-state index contributed by atoms with van der Waals surface area (Å²) < 4.78 is 0. The van der Waals surface area contributed by atoms with Crippen molar-refractivity contribution in [3.8, 4) is 0 Å². The predicted molar refractivity (Wildman–Crippen MR) is 72.0 cm³/mol. The molecule has 1 N–H and O–H groups in total. The first-order valence-electron chi connectivity index (χ1n) is 5.86. The van der Waals surface area contributed by atoms with Gasteiger partial charge in [-0.25, -0.2) is 0 Å². The van der Waals surface area contributed by atoms with Crippen LogP contribution in [0.2, 0.25) is 0 Å². The van der Waals surface area contributed by atoms with Crippen molar-refractivity contribution in [2.24, 2.45) is 0 Å². The molecule has 0 aliphatic heterocycles. The third-order valence-corrected chi connectivity index (χ3v) is 3.64. The van der Waals surface area contributed by atoms with Crippen molar-refractivity contribution < 1.29 is 0 Å². The Morgan fingerprint density at radius 1 is 0.882 bits per heavy atom. The average molecular weight is 217 g/mol. The molecular formula is C16H11N. The maximum Gasteiger partial charge on any atom is 0.0442 e. The highest BCUT2D eigenvalue weighted by molar-refractivity contribution is 6.24. The number of nitrogens with one attached hydrogen (secondary N) is 1. The summed E-state index contributed by atoms with van der Waals surface area (Å²) in [7, 11) is 0. The van der Waals surface area contributed by atoms with Gasteiger partial charge >= 0.3 is 0 Å². The number of hydrogen-bond donors (Lipinski definition) is 1. The summed E-state index contributed by atoms with van der Waals surface area (Å²) >= 11 is 0. The number of benzene rings is 3. The molecular weight excluding hydrogens is 206 g/mol. The Bertz CT molecular complexity index is 784. The predicted octanol–water partition coefficient (Wildman–Crippen LogP) is 3.92. The lowest BCUT2D eigenvalue weighted by atomic mass is 9.97. The maximum atomic E-state index is 8.20. The van der Waals surface area contributed by atoms with E-state index in [0.717, 1.165) is 17.7 Å². The molecule has 0 unspecified atom stereocenters. The topological polar surface area (TPSA) is 23.9 Å². The zero-order valence-corrected chi connectivity index (χ0v) is 9.33. The highest BCUT2D eigenvalue weighted by Crippen LogP contribution is 2.36. The van der Waals surface area contributed by atoms with Crippen LogP contribution >= 0.6 is 0 Å². The minimum atomic E-state index is 0.757. The molecule has 0 heterocycles. The molecule has 0 saturated heterocycles. The van der Waals surface area contributed by atoms with Gasteiger partial charge in [-0.1, -0.05) is 42.5 Å². The molecule has 3 aromatic carbocycles. The summed E-state index contributed by atoms with van der Waals surface area (Å²) in [6, 6.07) is 17.0. The van der Waals surface area contributed by atoms with Crippen molar-refractivity contribution in [1.29, 1.82) is 5.41 Å². The van der Waals surface area contributed by atoms with Gasteiger partial charge < -0.3 is 5.41 Å². The summed E-state index contributed by atoms with van der Waals surface area (Å²) in [6.45, 7) is 0. The van der Waals surface area contributed by atoms with Crippen LogP contribution in [0.3, 0.4) is 0 Å². The molecule has 0 fully saturated rings. The quantitative estimate of drug-likeness (QED) is 0.552. The van der Waals surface area contributed by atoms with E-state index < -0.39 is 0 Å². The fraction of sp³-hybridized carbons (Fsp3) is 0.0625. The van der Waals surface area contributed by atoms with Gasteiger partial charge in [0.05, 0.1) is 0 Å². The Morgan fingerprint density at radius 3 is 2.65 bits per heavy atom. The highest BCUT2D eigenvalue weighted by Gasteiger charge is 2.21. The smallest absolute Gasteiger partial charge is 0.0442 e. The Labute approximate surface area is 99.2 Å². The molecule has 17 heavy (non-hydrogen) atoms. The van der Waals surface area contributed by atoms with E-state index in [9.17, 15) is 0 Å². The van der Waals surface area contributed by atoms with Gasteiger partial charge in [0.1, 0.15) is 0 Å². The Morgan fingerprint density at radius 2 is 1.71 bits per heavy atom. The standard InChI is InChI=1S/C16H11N/c17-14-9-12-6-3-5-11-8-10-4-1-2-7-13(10)16(14)15(11)12/h1-8,17H,9H2. The minimum Gasteiger partial charge on any atom is -0.304 e. The van der Waals surface area contributed by atoms with Crippen LogP contribution in [0.15, 0.2) is 48.5 Å². The zero-order valence-electron chi connectivity index (χ0n) is 9.33. The molecule has 0 radical (unpaired) electrons. The first kappa shape index (κ1) is 8.94. The van der Waals surface area contributed by atoms with Crippen LogP contribution in [0.25, 0.3) is 21.5 Å². The molecule has 0 saturated carbocycles. The van der Waals surface area contributed by atoms with Crippen LogP contribution in [-0.2, 0) is 6.42 Å². The minimum absolute atomic E-state index is 0.757. The van der Waals surface area contributed by atoms with Gasteiger partial charge in [-0.3, -0.25) is 0 Å². The van der Waals surface area contributed by atoms with E-state index in [1.54, 1.807) is 0 Å². The third-order valence-electron chi connectivity index (χ3n) is 3.64. The average Bonchev–Trinajstić information content (AvgIpc) is 2.69. The number of fused-ring (bicyclic) bond motifs is 2. The van der Waals surface area contributed by atoms with Crippen molar-refractivity contribution >= 4 is 27.3 Å². The van der Waals surface area contributed by atoms with Gasteiger partial charge in [0, 0.05) is 17.7 Å². The van der Waals surface area contributed by atoms with Gasteiger partial charge in [0.2, 0.25) is 0 Å². The zero-order chi connectivity index (χ0) is 11.4. The third kappa shape index (κ3) is 1.06. The Kier molecular flexibility index (Phi) is 1.55. The first-order chi connectivity index (χ1) is 8.34. The number of rotatable bonds is 0.